The largest absolute Gasteiger partial charge is 0.399 e. The van der Waals surface area contributed by atoms with Gasteiger partial charge in [-0.3, -0.25) is 9.69 Å². The van der Waals surface area contributed by atoms with Crippen LogP contribution in [0, 0.1) is 0 Å². The number of nitrogens with one attached hydrogen (secondary N) is 1. The van der Waals surface area contributed by atoms with E-state index in [0.717, 1.165) is 19.6 Å². The number of carbonyl (C=O) groups excluding carboxylic acids is 1. The summed E-state index contributed by atoms with van der Waals surface area (Å²) in [5.41, 5.74) is 8.36. The summed E-state index contributed by atoms with van der Waals surface area (Å²) in [5.74, 6) is 0.100. The number of nitrogens with zero attached hydrogens (tertiary/aromatic N) is 1. The number of carbonyl (C=O) groups is 1. The molecule has 0 spiro atoms. The second-order valence-electron chi connectivity index (χ2n) is 6.35. The average Bonchev–Trinajstić information content (AvgIpc) is 3.14. The van der Waals surface area contributed by atoms with E-state index in [0.29, 0.717) is 23.8 Å². The molecule has 0 amide bonds. The van der Waals surface area contributed by atoms with Crippen molar-refractivity contribution >= 4 is 11.5 Å². The highest BCUT2D eigenvalue weighted by atomic mass is 16.1. The van der Waals surface area contributed by atoms with Gasteiger partial charge >= 0.3 is 0 Å². The van der Waals surface area contributed by atoms with Crippen LogP contribution >= 0.6 is 0 Å². The molecule has 3 N–H and O–H groups in total. The van der Waals surface area contributed by atoms with Crippen LogP contribution < -0.4 is 11.1 Å². The molecule has 1 saturated heterocycles. The fourth-order valence-corrected chi connectivity index (χ4v) is 3.28. The third-order valence-corrected chi connectivity index (χ3v) is 4.62. The first-order chi connectivity index (χ1) is 11.7. The van der Waals surface area contributed by atoms with Crippen molar-refractivity contribution in [2.75, 3.05) is 31.9 Å². The molecule has 0 aromatic heterocycles. The summed E-state index contributed by atoms with van der Waals surface area (Å²) in [7, 11) is 0. The molecule has 1 fully saturated rings. The van der Waals surface area contributed by atoms with E-state index in [1.54, 1.807) is 24.3 Å². The second-order valence-corrected chi connectivity index (χ2v) is 6.35. The number of hydrogen-bond donors (Lipinski definition) is 2. The monoisotopic (exact) mass is 323 g/mol. The zero-order valence-electron chi connectivity index (χ0n) is 13.9. The van der Waals surface area contributed by atoms with E-state index in [-0.39, 0.29) is 5.78 Å². The third kappa shape index (κ3) is 4.22. The van der Waals surface area contributed by atoms with Gasteiger partial charge in [0.25, 0.3) is 0 Å². The normalized spacial score (nSPS) is 16.2. The van der Waals surface area contributed by atoms with Crippen LogP contribution in [0.5, 0.6) is 0 Å². The SMILES string of the molecule is Nc1ccc(C(=O)CNCC(c2ccccc2)N2CCCC2)cc1. The zero-order chi connectivity index (χ0) is 16.8. The van der Waals surface area contributed by atoms with Crippen LogP contribution in [0.25, 0.3) is 0 Å². The Morgan fingerprint density at radius 2 is 1.71 bits per heavy atom. The first-order valence-electron chi connectivity index (χ1n) is 8.62. The van der Waals surface area contributed by atoms with Gasteiger partial charge in [-0.2, -0.15) is 0 Å². The molecule has 24 heavy (non-hydrogen) atoms. The number of ketones is 1. The maximum absolute atomic E-state index is 12.3. The van der Waals surface area contributed by atoms with E-state index in [9.17, 15) is 4.79 Å². The summed E-state index contributed by atoms with van der Waals surface area (Å²) in [6, 6.07) is 18.0. The molecule has 1 atom stereocenters. The van der Waals surface area contributed by atoms with Crippen molar-refractivity contribution < 1.29 is 4.79 Å². The maximum Gasteiger partial charge on any atom is 0.176 e. The van der Waals surface area contributed by atoms with Crippen LogP contribution in [0.2, 0.25) is 0 Å². The second kappa shape index (κ2) is 8.08. The van der Waals surface area contributed by atoms with E-state index in [1.807, 2.05) is 6.07 Å². The Bertz CT molecular complexity index is 648. The van der Waals surface area contributed by atoms with Crippen LogP contribution in [0.15, 0.2) is 54.6 Å². The fourth-order valence-electron chi connectivity index (χ4n) is 3.28. The highest BCUT2D eigenvalue weighted by Crippen LogP contribution is 2.24. The van der Waals surface area contributed by atoms with Crippen LogP contribution in [0.4, 0.5) is 5.69 Å². The van der Waals surface area contributed by atoms with Gasteiger partial charge in [-0.05, 0) is 55.8 Å². The van der Waals surface area contributed by atoms with Crippen molar-refractivity contribution in [3.05, 3.63) is 65.7 Å². The summed E-state index contributed by atoms with van der Waals surface area (Å²) in [6.07, 6.45) is 2.52. The summed E-state index contributed by atoms with van der Waals surface area (Å²) < 4.78 is 0. The van der Waals surface area contributed by atoms with Crippen LogP contribution in [-0.4, -0.2) is 36.9 Å². The Morgan fingerprint density at radius 1 is 1.04 bits per heavy atom. The lowest BCUT2D eigenvalue weighted by molar-refractivity contribution is 0.0987. The van der Waals surface area contributed by atoms with Gasteiger partial charge in [0, 0.05) is 23.8 Å². The van der Waals surface area contributed by atoms with E-state index >= 15 is 0 Å². The Kier molecular flexibility index (Phi) is 5.62. The van der Waals surface area contributed by atoms with Crippen molar-refractivity contribution in [2.24, 2.45) is 0 Å². The fraction of sp³-hybridized carbons (Fsp3) is 0.350. The van der Waals surface area contributed by atoms with Crippen molar-refractivity contribution in [2.45, 2.75) is 18.9 Å². The molecule has 126 valence electrons. The van der Waals surface area contributed by atoms with Crippen LogP contribution in [0.1, 0.15) is 34.8 Å². The Balaban J connectivity index is 1.59. The summed E-state index contributed by atoms with van der Waals surface area (Å²) >= 11 is 0. The minimum Gasteiger partial charge on any atom is -0.399 e. The van der Waals surface area contributed by atoms with E-state index in [1.165, 1.54) is 18.4 Å². The lowest BCUT2D eigenvalue weighted by Gasteiger charge is -2.28. The molecule has 4 nitrogen and oxygen atoms in total. The number of hydrogen-bond acceptors (Lipinski definition) is 4. The molecular weight excluding hydrogens is 298 g/mol. The number of Topliss-reactive ketones (excluding diaryl/α,β-unsaturated/α-hetero) is 1. The van der Waals surface area contributed by atoms with E-state index in [2.05, 4.69) is 34.5 Å². The number of nitrogens with two attached hydrogens (primary N) is 1. The highest BCUT2D eigenvalue weighted by molar-refractivity contribution is 5.97. The van der Waals surface area contributed by atoms with Gasteiger partial charge in [0.2, 0.25) is 0 Å². The Morgan fingerprint density at radius 3 is 2.38 bits per heavy atom. The molecule has 3 rings (SSSR count). The molecule has 2 aromatic rings. The van der Waals surface area contributed by atoms with E-state index < -0.39 is 0 Å². The summed E-state index contributed by atoms with van der Waals surface area (Å²) in [5, 5.41) is 3.35. The molecule has 1 aliphatic rings. The Hall–Kier alpha value is -2.17. The van der Waals surface area contributed by atoms with E-state index in [4.69, 9.17) is 5.73 Å². The molecular formula is C20H25N3O. The molecule has 4 heteroatoms. The molecule has 0 saturated carbocycles. The van der Waals surface area contributed by atoms with Crippen molar-refractivity contribution in [3.8, 4) is 0 Å². The quantitative estimate of drug-likeness (QED) is 0.608. The molecule has 1 heterocycles. The molecule has 0 aliphatic carbocycles. The first-order valence-corrected chi connectivity index (χ1v) is 8.62. The predicted octanol–water partition coefficient (Wildman–Crippen LogP) is 2.88. The van der Waals surface area contributed by atoms with Gasteiger partial charge in [0.05, 0.1) is 6.54 Å². The number of anilines is 1. The minimum absolute atomic E-state index is 0.100. The van der Waals surface area contributed by atoms with Gasteiger partial charge in [-0.1, -0.05) is 30.3 Å². The molecule has 2 aromatic carbocycles. The molecule has 0 radical (unpaired) electrons. The topological polar surface area (TPSA) is 58.4 Å². The predicted molar refractivity (Wildman–Crippen MR) is 98.0 cm³/mol. The number of nitrogen functional groups attached to an aromatic ring is 1. The van der Waals surface area contributed by atoms with Gasteiger partial charge in [-0.15, -0.1) is 0 Å². The maximum atomic E-state index is 12.3. The number of rotatable bonds is 7. The van der Waals surface area contributed by atoms with Crippen LogP contribution in [-0.2, 0) is 0 Å². The van der Waals surface area contributed by atoms with Gasteiger partial charge in [0.15, 0.2) is 5.78 Å². The minimum atomic E-state index is 0.100. The molecule has 1 aliphatic heterocycles. The zero-order valence-corrected chi connectivity index (χ0v) is 13.9. The van der Waals surface area contributed by atoms with Crippen molar-refractivity contribution in [1.29, 1.82) is 0 Å². The van der Waals surface area contributed by atoms with Gasteiger partial charge in [-0.25, -0.2) is 0 Å². The lowest BCUT2D eigenvalue weighted by Crippen LogP contribution is -2.36. The summed E-state index contributed by atoms with van der Waals surface area (Å²) in [4.78, 5) is 14.8. The smallest absolute Gasteiger partial charge is 0.176 e. The standard InChI is InChI=1S/C20H25N3O/c21-18-10-8-17(9-11-18)20(24)15-22-14-19(23-12-4-5-13-23)16-6-2-1-3-7-16/h1-3,6-11,19,22H,4-5,12-15,21H2. The average molecular weight is 323 g/mol. The number of benzene rings is 2. The van der Waals surface area contributed by atoms with Gasteiger partial charge in [0.1, 0.15) is 0 Å². The first kappa shape index (κ1) is 16.7. The van der Waals surface area contributed by atoms with Crippen molar-refractivity contribution in [1.82, 2.24) is 10.2 Å². The van der Waals surface area contributed by atoms with Gasteiger partial charge < -0.3 is 11.1 Å². The van der Waals surface area contributed by atoms with Crippen molar-refractivity contribution in [3.63, 3.8) is 0 Å². The van der Waals surface area contributed by atoms with Crippen LogP contribution in [0.3, 0.4) is 0 Å². The number of likely N-dealkylation sites (tertiary alicyclic amines) is 1. The molecule has 0 bridgehead atoms. The molecule has 1 unspecified atom stereocenters. The Labute approximate surface area is 143 Å². The summed E-state index contributed by atoms with van der Waals surface area (Å²) in [6.45, 7) is 3.39. The highest BCUT2D eigenvalue weighted by Gasteiger charge is 2.23. The third-order valence-electron chi connectivity index (χ3n) is 4.62. The lowest BCUT2D eigenvalue weighted by atomic mass is 10.1.